The average Bonchev–Trinajstić information content (AvgIpc) is 2.64. The number of hydrogen-bond donors (Lipinski definition) is 4. The molecule has 0 atom stereocenters. The summed E-state index contributed by atoms with van der Waals surface area (Å²) in [6.07, 6.45) is 0.834. The Bertz CT molecular complexity index is 460. The Hall–Kier alpha value is 0.1000. The van der Waals surface area contributed by atoms with E-state index in [2.05, 4.69) is 42.0 Å². The van der Waals surface area contributed by atoms with Crippen molar-refractivity contribution in [3.63, 3.8) is 0 Å². The predicted octanol–water partition coefficient (Wildman–Crippen LogP) is 3.99. The molecule has 0 unspecified atom stereocenters. The van der Waals surface area contributed by atoms with Crippen LogP contribution >= 0.6 is 43.2 Å². The van der Waals surface area contributed by atoms with Gasteiger partial charge in [-0.3, -0.25) is 4.79 Å². The second-order valence-corrected chi connectivity index (χ2v) is 13.5. The fourth-order valence-corrected chi connectivity index (χ4v) is 5.41. The summed E-state index contributed by atoms with van der Waals surface area (Å²) in [5.41, 5.74) is -0.126. The highest BCUT2D eigenvalue weighted by Gasteiger charge is 2.24. The molecule has 0 spiro atoms. The molecule has 6 nitrogen and oxygen atoms in total. The molecule has 172 valence electrons. The molecule has 3 amide bonds. The van der Waals surface area contributed by atoms with Crippen LogP contribution in [0.15, 0.2) is 0 Å². The maximum Gasteiger partial charge on any atom is 0.314 e. The van der Waals surface area contributed by atoms with Gasteiger partial charge in [-0.2, -0.15) is 0 Å². The first-order valence-corrected chi connectivity index (χ1v) is 15.1. The maximum atomic E-state index is 11.9. The smallest absolute Gasteiger partial charge is 0.314 e. The SMILES string of the molecule is CCC(C)(C)C(=O)NCCSSCCNC(=O)NCCSSCCNC(C)(C)C. The highest BCUT2D eigenvalue weighted by Crippen LogP contribution is 2.21. The highest BCUT2D eigenvalue weighted by atomic mass is 33.1. The molecule has 29 heavy (non-hydrogen) atoms. The molecular weight excluding hydrogens is 445 g/mol. The van der Waals surface area contributed by atoms with Gasteiger partial charge in [0.25, 0.3) is 0 Å². The lowest BCUT2D eigenvalue weighted by Crippen LogP contribution is -2.38. The van der Waals surface area contributed by atoms with E-state index in [4.69, 9.17) is 0 Å². The summed E-state index contributed by atoms with van der Waals surface area (Å²) in [5, 5.41) is 12.2. The standard InChI is InChI=1S/C19H40N4O2S4/c1-7-19(5,6)16(24)20-8-12-26-27-13-9-21-17(25)22-10-14-28-29-15-11-23-18(2,3)4/h23H,7-15H2,1-6H3,(H,20,24)(H2,21,22,25). The molecule has 4 N–H and O–H groups in total. The van der Waals surface area contributed by atoms with Crippen LogP contribution in [0.2, 0.25) is 0 Å². The van der Waals surface area contributed by atoms with E-state index < -0.39 is 0 Å². The van der Waals surface area contributed by atoms with Gasteiger partial charge < -0.3 is 21.3 Å². The molecule has 0 saturated heterocycles. The zero-order valence-electron chi connectivity index (χ0n) is 18.8. The van der Waals surface area contributed by atoms with E-state index in [9.17, 15) is 9.59 Å². The number of urea groups is 1. The number of carbonyl (C=O) groups is 2. The number of amides is 3. The topological polar surface area (TPSA) is 82.3 Å². The third-order valence-corrected chi connectivity index (χ3v) is 8.74. The van der Waals surface area contributed by atoms with Gasteiger partial charge in [-0.25, -0.2) is 4.79 Å². The van der Waals surface area contributed by atoms with E-state index in [0.717, 1.165) is 36.0 Å². The summed E-state index contributed by atoms with van der Waals surface area (Å²) in [7, 11) is 7.04. The van der Waals surface area contributed by atoms with Crippen molar-refractivity contribution in [2.75, 3.05) is 49.2 Å². The molecule has 0 fully saturated rings. The third kappa shape index (κ3) is 18.6. The minimum Gasteiger partial charge on any atom is -0.355 e. The van der Waals surface area contributed by atoms with Gasteiger partial charge in [-0.15, -0.1) is 0 Å². The Morgan fingerprint density at radius 1 is 0.690 bits per heavy atom. The molecule has 0 aromatic rings. The quantitative estimate of drug-likeness (QED) is 0.195. The first-order chi connectivity index (χ1) is 13.6. The predicted molar refractivity (Wildman–Crippen MR) is 136 cm³/mol. The van der Waals surface area contributed by atoms with Crippen molar-refractivity contribution in [2.45, 2.75) is 53.5 Å². The number of rotatable bonds is 16. The molecule has 0 aliphatic rings. The fourth-order valence-electron chi connectivity index (χ4n) is 1.78. The Balaban J connectivity index is 3.39. The van der Waals surface area contributed by atoms with Crippen molar-refractivity contribution in [3.8, 4) is 0 Å². The van der Waals surface area contributed by atoms with Gasteiger partial charge in [0.1, 0.15) is 0 Å². The lowest BCUT2D eigenvalue weighted by Gasteiger charge is -2.21. The van der Waals surface area contributed by atoms with E-state index >= 15 is 0 Å². The molecule has 0 radical (unpaired) electrons. The molecule has 0 bridgehead atoms. The molecule has 0 aliphatic carbocycles. The van der Waals surface area contributed by atoms with Crippen LogP contribution in [0.4, 0.5) is 4.79 Å². The first kappa shape index (κ1) is 29.1. The van der Waals surface area contributed by atoms with Crippen LogP contribution in [0, 0.1) is 5.41 Å². The minimum absolute atomic E-state index is 0.107. The second-order valence-electron chi connectivity index (χ2n) is 8.14. The molecule has 0 heterocycles. The van der Waals surface area contributed by atoms with Gasteiger partial charge in [0.2, 0.25) is 5.91 Å². The van der Waals surface area contributed by atoms with Crippen LogP contribution in [0.3, 0.4) is 0 Å². The largest absolute Gasteiger partial charge is 0.355 e. The average molecular weight is 485 g/mol. The van der Waals surface area contributed by atoms with Crippen molar-refractivity contribution < 1.29 is 9.59 Å². The first-order valence-electron chi connectivity index (χ1n) is 10.1. The summed E-state index contributed by atoms with van der Waals surface area (Å²) in [4.78, 5) is 23.6. The summed E-state index contributed by atoms with van der Waals surface area (Å²) in [6.45, 7) is 15.4. The zero-order chi connectivity index (χ0) is 22.2. The van der Waals surface area contributed by atoms with Crippen LogP contribution in [0.1, 0.15) is 48.0 Å². The van der Waals surface area contributed by atoms with E-state index in [1.807, 2.05) is 31.6 Å². The summed E-state index contributed by atoms with van der Waals surface area (Å²) in [5.74, 6) is 3.78. The van der Waals surface area contributed by atoms with Crippen LogP contribution in [-0.2, 0) is 4.79 Å². The van der Waals surface area contributed by atoms with Gasteiger partial charge in [0, 0.05) is 60.1 Å². The van der Waals surface area contributed by atoms with Crippen LogP contribution < -0.4 is 21.3 Å². The fraction of sp³-hybridized carbons (Fsp3) is 0.895. The van der Waals surface area contributed by atoms with E-state index in [1.54, 1.807) is 32.4 Å². The normalized spacial score (nSPS) is 11.9. The number of nitrogens with one attached hydrogen (secondary N) is 4. The Kier molecular flexibility index (Phi) is 16.8. The van der Waals surface area contributed by atoms with Gasteiger partial charge in [0.15, 0.2) is 0 Å². The van der Waals surface area contributed by atoms with Crippen molar-refractivity contribution >= 4 is 55.1 Å². The molecule has 0 aliphatic heterocycles. The van der Waals surface area contributed by atoms with Gasteiger partial charge >= 0.3 is 6.03 Å². The summed E-state index contributed by atoms with van der Waals surface area (Å²) < 4.78 is 0. The molecule has 0 rings (SSSR count). The molecule has 0 aromatic heterocycles. The molecule has 0 aromatic carbocycles. The molecule has 10 heteroatoms. The number of hydrogen-bond acceptors (Lipinski definition) is 7. The Morgan fingerprint density at radius 3 is 1.52 bits per heavy atom. The Labute approximate surface area is 193 Å². The van der Waals surface area contributed by atoms with Crippen molar-refractivity contribution in [3.05, 3.63) is 0 Å². The third-order valence-electron chi connectivity index (χ3n) is 3.92. The van der Waals surface area contributed by atoms with Crippen molar-refractivity contribution in [1.29, 1.82) is 0 Å². The van der Waals surface area contributed by atoms with Gasteiger partial charge in [-0.1, -0.05) is 63.9 Å². The molecular formula is C19H40N4O2S4. The lowest BCUT2D eigenvalue weighted by atomic mass is 9.89. The number of carbonyl (C=O) groups excluding carboxylic acids is 2. The lowest BCUT2D eigenvalue weighted by molar-refractivity contribution is -0.129. The Morgan fingerprint density at radius 2 is 1.10 bits per heavy atom. The van der Waals surface area contributed by atoms with Gasteiger partial charge in [-0.05, 0) is 27.2 Å². The highest BCUT2D eigenvalue weighted by molar-refractivity contribution is 8.77. The van der Waals surface area contributed by atoms with Crippen molar-refractivity contribution in [2.24, 2.45) is 5.41 Å². The van der Waals surface area contributed by atoms with E-state index in [1.165, 1.54) is 0 Å². The van der Waals surface area contributed by atoms with Crippen LogP contribution in [0.5, 0.6) is 0 Å². The monoisotopic (exact) mass is 484 g/mol. The zero-order valence-corrected chi connectivity index (χ0v) is 22.1. The summed E-state index contributed by atoms with van der Waals surface area (Å²) in [6, 6.07) is -0.107. The van der Waals surface area contributed by atoms with E-state index in [0.29, 0.717) is 19.6 Å². The minimum atomic E-state index is -0.296. The second kappa shape index (κ2) is 16.8. The maximum absolute atomic E-state index is 11.9. The van der Waals surface area contributed by atoms with Crippen molar-refractivity contribution in [1.82, 2.24) is 21.3 Å². The summed E-state index contributed by atoms with van der Waals surface area (Å²) >= 11 is 0. The van der Waals surface area contributed by atoms with Gasteiger partial charge in [0.05, 0.1) is 0 Å². The van der Waals surface area contributed by atoms with E-state index in [-0.39, 0.29) is 22.9 Å². The molecule has 0 saturated carbocycles. The van der Waals surface area contributed by atoms with Crippen LogP contribution in [0.25, 0.3) is 0 Å². The van der Waals surface area contributed by atoms with Crippen LogP contribution in [-0.4, -0.2) is 66.7 Å².